The maximum atomic E-state index is 4.51. The van der Waals surface area contributed by atoms with Crippen molar-refractivity contribution in [2.75, 3.05) is 13.6 Å². The molecule has 0 amide bonds. The van der Waals surface area contributed by atoms with Crippen LogP contribution in [0.2, 0.25) is 0 Å². The zero-order valence-electron chi connectivity index (χ0n) is 16.3. The van der Waals surface area contributed by atoms with Gasteiger partial charge in [-0.3, -0.25) is 9.67 Å². The van der Waals surface area contributed by atoms with Gasteiger partial charge in [-0.2, -0.15) is 5.10 Å². The van der Waals surface area contributed by atoms with Crippen LogP contribution in [0.15, 0.2) is 4.99 Å². The molecule has 24 heavy (non-hydrogen) atoms. The summed E-state index contributed by atoms with van der Waals surface area (Å²) in [5.41, 5.74) is 3.72. The Kier molecular flexibility index (Phi) is 6.69. The highest BCUT2D eigenvalue weighted by Gasteiger charge is 2.21. The van der Waals surface area contributed by atoms with Gasteiger partial charge in [0.15, 0.2) is 5.96 Å². The van der Waals surface area contributed by atoms with Gasteiger partial charge < -0.3 is 10.6 Å². The van der Waals surface area contributed by atoms with Crippen LogP contribution in [0.1, 0.15) is 56.5 Å². The van der Waals surface area contributed by atoms with Gasteiger partial charge in [0, 0.05) is 32.4 Å². The number of hydrogen-bond acceptors (Lipinski definition) is 2. The Hall–Kier alpha value is -1.52. The van der Waals surface area contributed by atoms with E-state index in [1.807, 2.05) is 18.8 Å². The molecular formula is C19H35N5. The first-order valence-corrected chi connectivity index (χ1v) is 9.38. The van der Waals surface area contributed by atoms with Gasteiger partial charge in [0.1, 0.15) is 0 Å². The van der Waals surface area contributed by atoms with Crippen LogP contribution in [0, 0.1) is 25.7 Å². The number of aliphatic imine (C=N–C) groups is 1. The summed E-state index contributed by atoms with van der Waals surface area (Å²) in [6, 6.07) is 0.321. The Labute approximate surface area is 147 Å². The van der Waals surface area contributed by atoms with Crippen LogP contribution in [-0.4, -0.2) is 35.4 Å². The number of rotatable bonds is 5. The molecule has 0 spiro atoms. The van der Waals surface area contributed by atoms with E-state index in [1.54, 1.807) is 0 Å². The fraction of sp³-hybridized carbons (Fsp3) is 0.789. The molecule has 1 heterocycles. The maximum Gasteiger partial charge on any atom is 0.191 e. The molecule has 2 N–H and O–H groups in total. The number of hydrogen-bond donors (Lipinski definition) is 2. The van der Waals surface area contributed by atoms with Gasteiger partial charge >= 0.3 is 0 Å². The molecule has 2 rings (SSSR count). The molecule has 5 nitrogen and oxygen atoms in total. The molecule has 0 radical (unpaired) electrons. The van der Waals surface area contributed by atoms with Gasteiger partial charge in [0.05, 0.1) is 5.69 Å². The SMILES string of the molecule is CN=C(NCC1CCCCC1C)NC(C)Cc1c(C)nn(C)c1C. The highest BCUT2D eigenvalue weighted by Crippen LogP contribution is 2.28. The Morgan fingerprint density at radius 3 is 2.62 bits per heavy atom. The summed E-state index contributed by atoms with van der Waals surface area (Å²) in [5, 5.41) is 11.6. The second-order valence-electron chi connectivity index (χ2n) is 7.50. The molecule has 0 aliphatic heterocycles. The third kappa shape index (κ3) is 4.74. The van der Waals surface area contributed by atoms with Crippen molar-refractivity contribution in [2.24, 2.45) is 23.9 Å². The Morgan fingerprint density at radius 2 is 2.04 bits per heavy atom. The van der Waals surface area contributed by atoms with Crippen molar-refractivity contribution in [3.05, 3.63) is 17.0 Å². The molecule has 3 unspecified atom stereocenters. The quantitative estimate of drug-likeness (QED) is 0.643. The van der Waals surface area contributed by atoms with Gasteiger partial charge in [-0.05, 0) is 51.0 Å². The molecule has 0 bridgehead atoms. The maximum absolute atomic E-state index is 4.51. The van der Waals surface area contributed by atoms with E-state index in [1.165, 1.54) is 36.9 Å². The van der Waals surface area contributed by atoms with Crippen LogP contribution in [0.5, 0.6) is 0 Å². The predicted octanol–water partition coefficient (Wildman–Crippen LogP) is 2.96. The normalized spacial score (nSPS) is 23.2. The molecule has 1 aliphatic carbocycles. The van der Waals surface area contributed by atoms with E-state index in [0.717, 1.165) is 36.5 Å². The minimum Gasteiger partial charge on any atom is -0.356 e. The van der Waals surface area contributed by atoms with Crippen molar-refractivity contribution >= 4 is 5.96 Å². The molecule has 5 heteroatoms. The largest absolute Gasteiger partial charge is 0.356 e. The first kappa shape index (κ1) is 18.8. The van der Waals surface area contributed by atoms with Crippen molar-refractivity contribution in [3.8, 4) is 0 Å². The summed E-state index contributed by atoms with van der Waals surface area (Å²) < 4.78 is 1.97. The monoisotopic (exact) mass is 333 g/mol. The highest BCUT2D eigenvalue weighted by molar-refractivity contribution is 5.79. The zero-order valence-corrected chi connectivity index (χ0v) is 16.3. The third-order valence-corrected chi connectivity index (χ3v) is 5.60. The zero-order chi connectivity index (χ0) is 17.7. The topological polar surface area (TPSA) is 54.2 Å². The number of aromatic nitrogens is 2. The van der Waals surface area contributed by atoms with Gasteiger partial charge in [-0.25, -0.2) is 0 Å². The minimum absolute atomic E-state index is 0.321. The Morgan fingerprint density at radius 1 is 1.33 bits per heavy atom. The predicted molar refractivity (Wildman–Crippen MR) is 101 cm³/mol. The van der Waals surface area contributed by atoms with Crippen molar-refractivity contribution in [2.45, 2.75) is 65.8 Å². The summed E-state index contributed by atoms with van der Waals surface area (Å²) in [6.45, 7) is 9.85. The van der Waals surface area contributed by atoms with Crippen LogP contribution in [-0.2, 0) is 13.5 Å². The third-order valence-electron chi connectivity index (χ3n) is 5.60. The number of nitrogens with one attached hydrogen (secondary N) is 2. The average Bonchev–Trinajstić information content (AvgIpc) is 2.79. The van der Waals surface area contributed by atoms with E-state index >= 15 is 0 Å². The standard InChI is InChI=1S/C19H35N5/c1-13-9-7-8-10-17(13)12-21-19(20-5)22-14(2)11-18-15(3)23-24(6)16(18)4/h13-14,17H,7-12H2,1-6H3,(H2,20,21,22). The first-order valence-electron chi connectivity index (χ1n) is 9.38. The van der Waals surface area contributed by atoms with E-state index in [2.05, 4.69) is 48.4 Å². The molecule has 3 atom stereocenters. The fourth-order valence-electron chi connectivity index (χ4n) is 3.82. The Balaban J connectivity index is 1.85. The Bertz CT molecular complexity index is 560. The second kappa shape index (κ2) is 8.54. The van der Waals surface area contributed by atoms with Gasteiger partial charge in [0.2, 0.25) is 0 Å². The van der Waals surface area contributed by atoms with Crippen LogP contribution in [0.3, 0.4) is 0 Å². The van der Waals surface area contributed by atoms with Crippen molar-refractivity contribution in [1.82, 2.24) is 20.4 Å². The van der Waals surface area contributed by atoms with E-state index < -0.39 is 0 Å². The molecule has 1 aromatic rings. The lowest BCUT2D eigenvalue weighted by molar-refractivity contribution is 0.256. The lowest BCUT2D eigenvalue weighted by atomic mass is 9.80. The van der Waals surface area contributed by atoms with Crippen molar-refractivity contribution in [1.29, 1.82) is 0 Å². The van der Waals surface area contributed by atoms with Crippen molar-refractivity contribution < 1.29 is 0 Å². The molecular weight excluding hydrogens is 298 g/mol. The van der Waals surface area contributed by atoms with Crippen LogP contribution < -0.4 is 10.6 Å². The minimum atomic E-state index is 0.321. The molecule has 1 fully saturated rings. The number of guanidine groups is 1. The lowest BCUT2D eigenvalue weighted by Crippen LogP contribution is -2.45. The molecule has 136 valence electrons. The second-order valence-corrected chi connectivity index (χ2v) is 7.50. The van der Waals surface area contributed by atoms with Crippen LogP contribution in [0.4, 0.5) is 0 Å². The summed E-state index contributed by atoms with van der Waals surface area (Å²) in [5.74, 6) is 2.51. The van der Waals surface area contributed by atoms with E-state index in [4.69, 9.17) is 0 Å². The van der Waals surface area contributed by atoms with E-state index in [0.29, 0.717) is 6.04 Å². The molecule has 0 aromatic carbocycles. The average molecular weight is 334 g/mol. The number of nitrogens with zero attached hydrogens (tertiary/aromatic N) is 3. The first-order chi connectivity index (χ1) is 11.4. The fourth-order valence-corrected chi connectivity index (χ4v) is 3.82. The molecule has 1 aromatic heterocycles. The molecule has 1 aliphatic rings. The van der Waals surface area contributed by atoms with Crippen LogP contribution >= 0.6 is 0 Å². The van der Waals surface area contributed by atoms with Crippen LogP contribution in [0.25, 0.3) is 0 Å². The summed E-state index contributed by atoms with van der Waals surface area (Å²) in [4.78, 5) is 4.40. The van der Waals surface area contributed by atoms with Crippen molar-refractivity contribution in [3.63, 3.8) is 0 Å². The van der Waals surface area contributed by atoms with E-state index in [9.17, 15) is 0 Å². The summed E-state index contributed by atoms with van der Waals surface area (Å²) in [6.07, 6.45) is 6.44. The van der Waals surface area contributed by atoms with Gasteiger partial charge in [0.25, 0.3) is 0 Å². The number of aryl methyl sites for hydroxylation is 2. The van der Waals surface area contributed by atoms with E-state index in [-0.39, 0.29) is 0 Å². The van der Waals surface area contributed by atoms with Gasteiger partial charge in [-0.15, -0.1) is 0 Å². The van der Waals surface area contributed by atoms with Gasteiger partial charge in [-0.1, -0.05) is 26.2 Å². The molecule has 1 saturated carbocycles. The summed E-state index contributed by atoms with van der Waals surface area (Å²) >= 11 is 0. The molecule has 0 saturated heterocycles. The highest BCUT2D eigenvalue weighted by atomic mass is 15.3. The summed E-state index contributed by atoms with van der Waals surface area (Å²) in [7, 11) is 3.86. The smallest absolute Gasteiger partial charge is 0.191 e. The lowest BCUT2D eigenvalue weighted by Gasteiger charge is -2.29.